The summed E-state index contributed by atoms with van der Waals surface area (Å²) in [7, 11) is 1.81. The molecule has 3 heterocycles. The van der Waals surface area contributed by atoms with E-state index in [1.165, 1.54) is 12.3 Å². The molecule has 21 heavy (non-hydrogen) atoms. The zero-order chi connectivity index (χ0) is 15.0. The van der Waals surface area contributed by atoms with Gasteiger partial charge in [0.2, 0.25) is 5.91 Å². The van der Waals surface area contributed by atoms with Gasteiger partial charge in [-0.3, -0.25) is 9.48 Å². The Morgan fingerprint density at radius 1 is 1.48 bits per heavy atom. The maximum atomic E-state index is 13.9. The number of carbonyl (C=O) groups excluding carboxylic acids is 1. The van der Waals surface area contributed by atoms with Crippen LogP contribution in [0, 0.1) is 11.7 Å². The summed E-state index contributed by atoms with van der Waals surface area (Å²) in [6, 6.07) is 2.90. The predicted molar refractivity (Wildman–Crippen MR) is 75.0 cm³/mol. The van der Waals surface area contributed by atoms with E-state index in [1.807, 2.05) is 13.2 Å². The summed E-state index contributed by atoms with van der Waals surface area (Å²) in [6.07, 6.45) is 5.12. The highest BCUT2D eigenvalue weighted by Crippen LogP contribution is 2.35. The first-order valence-corrected chi connectivity index (χ1v) is 6.69. The van der Waals surface area contributed by atoms with Crippen LogP contribution in [0.15, 0.2) is 30.7 Å². The Hall–Kier alpha value is -2.44. The summed E-state index contributed by atoms with van der Waals surface area (Å²) in [5, 5.41) is 4.13. The molecule has 110 valence electrons. The third-order valence-electron chi connectivity index (χ3n) is 3.88. The summed E-state index contributed by atoms with van der Waals surface area (Å²) in [4.78, 5) is 17.5. The molecular formula is C14H16FN5O. The highest BCUT2D eigenvalue weighted by Gasteiger charge is 2.39. The molecule has 0 bridgehead atoms. The van der Waals surface area contributed by atoms with Gasteiger partial charge in [0.1, 0.15) is 0 Å². The molecular weight excluding hydrogens is 273 g/mol. The molecule has 7 heteroatoms. The van der Waals surface area contributed by atoms with E-state index in [-0.39, 0.29) is 23.6 Å². The van der Waals surface area contributed by atoms with E-state index in [0.29, 0.717) is 13.1 Å². The van der Waals surface area contributed by atoms with Crippen LogP contribution in [0.4, 0.5) is 10.2 Å². The molecule has 0 spiro atoms. The van der Waals surface area contributed by atoms with Crippen molar-refractivity contribution in [2.24, 2.45) is 18.7 Å². The number of aromatic nitrogens is 3. The molecule has 1 saturated heterocycles. The van der Waals surface area contributed by atoms with Gasteiger partial charge in [-0.25, -0.2) is 9.37 Å². The van der Waals surface area contributed by atoms with Crippen LogP contribution in [-0.2, 0) is 11.8 Å². The molecule has 1 fully saturated rings. The largest absolute Gasteiger partial charge is 0.369 e. The normalized spacial score (nSPS) is 21.7. The van der Waals surface area contributed by atoms with Gasteiger partial charge in [0.25, 0.3) is 0 Å². The molecule has 2 N–H and O–H groups in total. The lowest BCUT2D eigenvalue weighted by Crippen LogP contribution is -2.29. The van der Waals surface area contributed by atoms with Crippen LogP contribution in [0.3, 0.4) is 0 Å². The number of anilines is 1. The predicted octanol–water partition coefficient (Wildman–Crippen LogP) is 0.659. The fourth-order valence-corrected chi connectivity index (χ4v) is 2.84. The van der Waals surface area contributed by atoms with E-state index in [4.69, 9.17) is 5.73 Å². The fraction of sp³-hybridized carbons (Fsp3) is 0.357. The van der Waals surface area contributed by atoms with Gasteiger partial charge >= 0.3 is 0 Å². The van der Waals surface area contributed by atoms with E-state index in [1.54, 1.807) is 21.8 Å². The van der Waals surface area contributed by atoms with Crippen LogP contribution < -0.4 is 10.6 Å². The zero-order valence-corrected chi connectivity index (χ0v) is 11.6. The van der Waals surface area contributed by atoms with Crippen molar-refractivity contribution in [3.05, 3.63) is 42.1 Å². The number of amides is 1. The first-order chi connectivity index (χ1) is 10.1. The number of carbonyl (C=O) groups is 1. The molecule has 3 rings (SSSR count). The lowest BCUT2D eigenvalue weighted by atomic mass is 9.90. The summed E-state index contributed by atoms with van der Waals surface area (Å²) < 4.78 is 15.5. The van der Waals surface area contributed by atoms with Crippen LogP contribution in [0.25, 0.3) is 0 Å². The van der Waals surface area contributed by atoms with Crippen LogP contribution in [-0.4, -0.2) is 33.8 Å². The Balaban J connectivity index is 1.91. The average molecular weight is 289 g/mol. The molecule has 0 unspecified atom stereocenters. The number of nitrogens with two attached hydrogens (primary N) is 1. The van der Waals surface area contributed by atoms with Gasteiger partial charge < -0.3 is 10.6 Å². The van der Waals surface area contributed by atoms with E-state index in [2.05, 4.69) is 10.1 Å². The lowest BCUT2D eigenvalue weighted by molar-refractivity contribution is -0.121. The number of aryl methyl sites for hydroxylation is 1. The van der Waals surface area contributed by atoms with Crippen molar-refractivity contribution in [2.45, 2.75) is 5.92 Å². The van der Waals surface area contributed by atoms with Gasteiger partial charge in [-0.15, -0.1) is 0 Å². The van der Waals surface area contributed by atoms with Gasteiger partial charge in [-0.2, -0.15) is 5.10 Å². The molecule has 1 aliphatic rings. The Bertz CT molecular complexity index is 671. The number of nitrogens with zero attached hydrogens (tertiary/aromatic N) is 4. The van der Waals surface area contributed by atoms with Gasteiger partial charge in [0, 0.05) is 38.4 Å². The summed E-state index contributed by atoms with van der Waals surface area (Å²) in [6.45, 7) is 0.857. The van der Waals surface area contributed by atoms with Crippen molar-refractivity contribution in [1.29, 1.82) is 0 Å². The first kappa shape index (κ1) is 13.5. The second-order valence-electron chi connectivity index (χ2n) is 5.28. The summed E-state index contributed by atoms with van der Waals surface area (Å²) >= 11 is 0. The second kappa shape index (κ2) is 5.16. The van der Waals surface area contributed by atoms with Gasteiger partial charge in [0.05, 0.1) is 12.1 Å². The van der Waals surface area contributed by atoms with Gasteiger partial charge in [-0.1, -0.05) is 0 Å². The third kappa shape index (κ3) is 2.46. The molecule has 2 atom stereocenters. The number of pyridine rings is 1. The Morgan fingerprint density at radius 3 is 2.90 bits per heavy atom. The van der Waals surface area contributed by atoms with Crippen molar-refractivity contribution in [2.75, 3.05) is 18.0 Å². The molecule has 0 aliphatic carbocycles. The van der Waals surface area contributed by atoms with Gasteiger partial charge in [-0.05, 0) is 17.7 Å². The minimum Gasteiger partial charge on any atom is -0.369 e. The highest BCUT2D eigenvalue weighted by atomic mass is 19.1. The Morgan fingerprint density at radius 2 is 2.29 bits per heavy atom. The van der Waals surface area contributed by atoms with Crippen LogP contribution in [0.1, 0.15) is 11.5 Å². The van der Waals surface area contributed by atoms with Crippen molar-refractivity contribution in [1.82, 2.24) is 14.8 Å². The number of halogens is 1. The number of primary amides is 1. The quantitative estimate of drug-likeness (QED) is 0.900. The second-order valence-corrected chi connectivity index (χ2v) is 5.28. The van der Waals surface area contributed by atoms with E-state index in [9.17, 15) is 9.18 Å². The minimum atomic E-state index is -0.396. The summed E-state index contributed by atoms with van der Waals surface area (Å²) in [5.74, 6) is -1.00. The SMILES string of the molecule is Cn1cc([C@H]2CN(c3ncccc3F)C[C@@H]2C(N)=O)cn1. The van der Waals surface area contributed by atoms with Crippen molar-refractivity contribution >= 4 is 11.7 Å². The highest BCUT2D eigenvalue weighted by molar-refractivity contribution is 5.79. The standard InChI is InChI=1S/C14H16FN5O/c1-19-6-9(5-18-19)10-7-20(8-11(10)13(16)21)14-12(15)3-2-4-17-14/h2-6,10-11H,7-8H2,1H3,(H2,16,21)/t10-,11+/m1/s1. The maximum Gasteiger partial charge on any atom is 0.223 e. The molecule has 0 radical (unpaired) electrons. The Kier molecular flexibility index (Phi) is 3.32. The average Bonchev–Trinajstić information content (AvgIpc) is 3.05. The first-order valence-electron chi connectivity index (χ1n) is 6.69. The Labute approximate surface area is 121 Å². The van der Waals surface area contributed by atoms with Crippen molar-refractivity contribution in [3.63, 3.8) is 0 Å². The van der Waals surface area contributed by atoms with E-state index < -0.39 is 5.82 Å². The third-order valence-corrected chi connectivity index (χ3v) is 3.88. The number of rotatable bonds is 3. The van der Waals surface area contributed by atoms with Crippen molar-refractivity contribution < 1.29 is 9.18 Å². The molecule has 0 aromatic carbocycles. The molecule has 1 aliphatic heterocycles. The van der Waals surface area contributed by atoms with Crippen LogP contribution >= 0.6 is 0 Å². The topological polar surface area (TPSA) is 77.0 Å². The van der Waals surface area contributed by atoms with Crippen molar-refractivity contribution in [3.8, 4) is 0 Å². The molecule has 6 nitrogen and oxygen atoms in total. The van der Waals surface area contributed by atoms with E-state index >= 15 is 0 Å². The van der Waals surface area contributed by atoms with Gasteiger partial charge in [0.15, 0.2) is 11.6 Å². The monoisotopic (exact) mass is 289 g/mol. The smallest absolute Gasteiger partial charge is 0.223 e. The molecule has 2 aromatic heterocycles. The van der Waals surface area contributed by atoms with Crippen LogP contribution in [0.2, 0.25) is 0 Å². The molecule has 0 saturated carbocycles. The van der Waals surface area contributed by atoms with E-state index in [0.717, 1.165) is 5.56 Å². The van der Waals surface area contributed by atoms with Crippen LogP contribution in [0.5, 0.6) is 0 Å². The number of hydrogen-bond acceptors (Lipinski definition) is 4. The number of hydrogen-bond donors (Lipinski definition) is 1. The minimum absolute atomic E-state index is 0.0994. The molecule has 1 amide bonds. The zero-order valence-electron chi connectivity index (χ0n) is 11.6. The summed E-state index contributed by atoms with van der Waals surface area (Å²) in [5.41, 5.74) is 6.43. The fourth-order valence-electron chi connectivity index (χ4n) is 2.84. The maximum absolute atomic E-state index is 13.9. The lowest BCUT2D eigenvalue weighted by Gasteiger charge is -2.17. The molecule has 2 aromatic rings.